The summed E-state index contributed by atoms with van der Waals surface area (Å²) in [5, 5.41) is 12.4. The van der Waals surface area contributed by atoms with Gasteiger partial charge in [-0.3, -0.25) is 4.90 Å². The lowest BCUT2D eigenvalue weighted by Crippen LogP contribution is -2.35. The molecule has 140 valence electrons. The number of halogens is 2. The highest BCUT2D eigenvalue weighted by atomic mass is 35.5. The number of morpholine rings is 1. The van der Waals surface area contributed by atoms with Gasteiger partial charge in [0.05, 0.1) is 24.8 Å². The predicted molar refractivity (Wildman–Crippen MR) is 109 cm³/mol. The van der Waals surface area contributed by atoms with E-state index in [1.807, 2.05) is 24.3 Å². The average Bonchev–Trinajstić information content (AvgIpc) is 2.64. The Hall–Kier alpha value is -1.61. The number of hydrogen-bond acceptors (Lipinski definition) is 4. The van der Waals surface area contributed by atoms with Crippen molar-refractivity contribution in [1.82, 2.24) is 10.2 Å². The van der Waals surface area contributed by atoms with Gasteiger partial charge in [0.2, 0.25) is 0 Å². The smallest absolute Gasteiger partial charge is 0.0991 e. The van der Waals surface area contributed by atoms with Crippen LogP contribution in [0.3, 0.4) is 0 Å². The Labute approximate surface area is 168 Å². The van der Waals surface area contributed by atoms with Crippen molar-refractivity contribution in [2.75, 3.05) is 26.3 Å². The van der Waals surface area contributed by atoms with Crippen LogP contribution < -0.4 is 5.32 Å². The lowest BCUT2D eigenvalue weighted by molar-refractivity contribution is 0.0342. The first-order valence-corrected chi connectivity index (χ1v) is 8.41. The number of nitrogens with zero attached hydrogens (tertiary/aromatic N) is 2. The molecule has 1 heterocycles. The molecule has 0 atom stereocenters. The molecule has 1 N–H and O–H groups in total. The lowest BCUT2D eigenvalue weighted by Gasteiger charge is -2.26. The SMILES string of the molecule is Cl.Cl.N#Cc1cccc(CNCc2ccc(CN3CCOCC3)cc2)c1. The number of ether oxygens (including phenoxy) is 1. The van der Waals surface area contributed by atoms with Gasteiger partial charge in [-0.2, -0.15) is 5.26 Å². The van der Waals surface area contributed by atoms with Crippen molar-refractivity contribution in [3.63, 3.8) is 0 Å². The first kappa shape index (κ1) is 22.4. The number of nitriles is 1. The molecule has 0 unspecified atom stereocenters. The normalized spacial score (nSPS) is 14.0. The zero-order valence-corrected chi connectivity index (χ0v) is 16.3. The Morgan fingerprint density at radius 3 is 2.27 bits per heavy atom. The van der Waals surface area contributed by atoms with Crippen LogP contribution in [0.25, 0.3) is 0 Å². The van der Waals surface area contributed by atoms with Gasteiger partial charge < -0.3 is 10.1 Å². The molecule has 1 fully saturated rings. The summed E-state index contributed by atoms with van der Waals surface area (Å²) in [6, 6.07) is 18.7. The number of benzene rings is 2. The van der Waals surface area contributed by atoms with Crippen LogP contribution in [0.4, 0.5) is 0 Å². The maximum absolute atomic E-state index is 8.93. The van der Waals surface area contributed by atoms with E-state index in [1.165, 1.54) is 11.1 Å². The number of nitrogens with one attached hydrogen (secondary N) is 1. The molecule has 0 radical (unpaired) electrons. The summed E-state index contributed by atoms with van der Waals surface area (Å²) in [5.74, 6) is 0. The van der Waals surface area contributed by atoms with E-state index in [2.05, 4.69) is 40.6 Å². The first-order valence-electron chi connectivity index (χ1n) is 8.41. The Kier molecular flexibility index (Phi) is 10.3. The van der Waals surface area contributed by atoms with Gasteiger partial charge in [-0.25, -0.2) is 0 Å². The van der Waals surface area contributed by atoms with E-state index < -0.39 is 0 Å². The monoisotopic (exact) mass is 393 g/mol. The quantitative estimate of drug-likeness (QED) is 0.815. The summed E-state index contributed by atoms with van der Waals surface area (Å²) >= 11 is 0. The molecule has 1 aliphatic rings. The van der Waals surface area contributed by atoms with Gasteiger partial charge in [0.15, 0.2) is 0 Å². The summed E-state index contributed by atoms with van der Waals surface area (Å²) in [7, 11) is 0. The molecular weight excluding hydrogens is 369 g/mol. The summed E-state index contributed by atoms with van der Waals surface area (Å²) in [6.45, 7) is 6.32. The van der Waals surface area contributed by atoms with Crippen LogP contribution in [0.5, 0.6) is 0 Å². The van der Waals surface area contributed by atoms with Crippen LogP contribution in [0.1, 0.15) is 22.3 Å². The molecule has 3 rings (SSSR count). The molecule has 0 bridgehead atoms. The highest BCUT2D eigenvalue weighted by Crippen LogP contribution is 2.10. The van der Waals surface area contributed by atoms with E-state index in [9.17, 15) is 0 Å². The van der Waals surface area contributed by atoms with Gasteiger partial charge in [-0.05, 0) is 28.8 Å². The van der Waals surface area contributed by atoms with Crippen LogP contribution >= 0.6 is 24.8 Å². The molecule has 26 heavy (non-hydrogen) atoms. The summed E-state index contributed by atoms with van der Waals surface area (Å²) in [5.41, 5.74) is 4.47. The Balaban J connectivity index is 0.00000169. The Morgan fingerprint density at radius 1 is 0.923 bits per heavy atom. The second-order valence-electron chi connectivity index (χ2n) is 6.12. The van der Waals surface area contributed by atoms with Gasteiger partial charge in [0, 0.05) is 32.7 Å². The molecule has 2 aromatic rings. The minimum atomic E-state index is 0. The molecule has 0 amide bonds. The maximum atomic E-state index is 8.93. The summed E-state index contributed by atoms with van der Waals surface area (Å²) in [4.78, 5) is 2.43. The van der Waals surface area contributed by atoms with Crippen LogP contribution in [-0.2, 0) is 24.4 Å². The van der Waals surface area contributed by atoms with Gasteiger partial charge in [-0.1, -0.05) is 36.4 Å². The summed E-state index contributed by atoms with van der Waals surface area (Å²) < 4.78 is 5.38. The maximum Gasteiger partial charge on any atom is 0.0991 e. The van der Waals surface area contributed by atoms with E-state index >= 15 is 0 Å². The van der Waals surface area contributed by atoms with E-state index in [4.69, 9.17) is 10.00 Å². The molecule has 2 aromatic carbocycles. The largest absolute Gasteiger partial charge is 0.379 e. The van der Waals surface area contributed by atoms with Crippen molar-refractivity contribution in [3.8, 4) is 6.07 Å². The van der Waals surface area contributed by atoms with Crippen molar-refractivity contribution in [3.05, 3.63) is 70.8 Å². The highest BCUT2D eigenvalue weighted by Gasteiger charge is 2.10. The van der Waals surface area contributed by atoms with Gasteiger partial charge in [-0.15, -0.1) is 24.8 Å². The molecule has 6 heteroatoms. The summed E-state index contributed by atoms with van der Waals surface area (Å²) in [6.07, 6.45) is 0. The first-order chi connectivity index (χ1) is 11.8. The van der Waals surface area contributed by atoms with E-state index in [1.54, 1.807) is 0 Å². The second-order valence-corrected chi connectivity index (χ2v) is 6.12. The van der Waals surface area contributed by atoms with Crippen molar-refractivity contribution in [1.29, 1.82) is 5.26 Å². The van der Waals surface area contributed by atoms with Crippen molar-refractivity contribution < 1.29 is 4.74 Å². The molecule has 0 aliphatic carbocycles. The molecular formula is C20H25Cl2N3O. The average molecular weight is 394 g/mol. The molecule has 1 saturated heterocycles. The van der Waals surface area contributed by atoms with Crippen LogP contribution in [0, 0.1) is 11.3 Å². The zero-order chi connectivity index (χ0) is 16.6. The molecule has 0 spiro atoms. The fraction of sp³-hybridized carbons (Fsp3) is 0.350. The molecule has 1 aliphatic heterocycles. The number of rotatable bonds is 6. The minimum Gasteiger partial charge on any atom is -0.379 e. The van der Waals surface area contributed by atoms with Gasteiger partial charge in [0.1, 0.15) is 0 Å². The lowest BCUT2D eigenvalue weighted by atomic mass is 10.1. The topological polar surface area (TPSA) is 48.3 Å². The third kappa shape index (κ3) is 6.95. The minimum absolute atomic E-state index is 0. The standard InChI is InChI=1S/C20H23N3O.2ClH/c21-13-19-2-1-3-20(12-19)15-22-14-17-4-6-18(7-5-17)16-23-8-10-24-11-9-23;;/h1-7,12,22H,8-11,14-16H2;2*1H. The van der Waals surface area contributed by atoms with Crippen molar-refractivity contribution in [2.24, 2.45) is 0 Å². The van der Waals surface area contributed by atoms with E-state index in [-0.39, 0.29) is 24.8 Å². The van der Waals surface area contributed by atoms with E-state index in [0.717, 1.165) is 51.5 Å². The highest BCUT2D eigenvalue weighted by molar-refractivity contribution is 5.85. The fourth-order valence-electron chi connectivity index (χ4n) is 2.88. The van der Waals surface area contributed by atoms with E-state index in [0.29, 0.717) is 5.56 Å². The Bertz CT molecular complexity index is 695. The molecule has 4 nitrogen and oxygen atoms in total. The van der Waals surface area contributed by atoms with Gasteiger partial charge in [0.25, 0.3) is 0 Å². The second kappa shape index (κ2) is 11.9. The van der Waals surface area contributed by atoms with Gasteiger partial charge >= 0.3 is 0 Å². The van der Waals surface area contributed by atoms with Crippen LogP contribution in [0.15, 0.2) is 48.5 Å². The van der Waals surface area contributed by atoms with Crippen molar-refractivity contribution in [2.45, 2.75) is 19.6 Å². The third-order valence-corrected chi connectivity index (χ3v) is 4.25. The van der Waals surface area contributed by atoms with Crippen LogP contribution in [0.2, 0.25) is 0 Å². The Morgan fingerprint density at radius 2 is 1.58 bits per heavy atom. The third-order valence-electron chi connectivity index (χ3n) is 4.25. The molecule has 0 saturated carbocycles. The van der Waals surface area contributed by atoms with Crippen LogP contribution in [-0.4, -0.2) is 31.2 Å². The number of hydrogen-bond donors (Lipinski definition) is 1. The molecule has 0 aromatic heterocycles. The predicted octanol–water partition coefficient (Wildman–Crippen LogP) is 3.52. The fourth-order valence-corrected chi connectivity index (χ4v) is 2.88. The van der Waals surface area contributed by atoms with Crippen molar-refractivity contribution >= 4 is 24.8 Å². The zero-order valence-electron chi connectivity index (χ0n) is 14.7.